The maximum absolute atomic E-state index is 13.3. The van der Waals surface area contributed by atoms with Gasteiger partial charge in [0.1, 0.15) is 73.2 Å². The minimum absolute atomic E-state index is 0.234. The quantitative estimate of drug-likeness (QED) is 0.0307. The van der Waals surface area contributed by atoms with Gasteiger partial charge in [-0.15, -0.1) is 0 Å². The average Bonchev–Trinajstić information content (AvgIpc) is 3.40. The number of allylic oxidation sites excluding steroid dienone is 5. The van der Waals surface area contributed by atoms with Gasteiger partial charge in [0.25, 0.3) is 0 Å². The van der Waals surface area contributed by atoms with Crippen LogP contribution in [0.5, 0.6) is 0 Å². The van der Waals surface area contributed by atoms with Gasteiger partial charge in [0.05, 0.1) is 38.6 Å². The van der Waals surface area contributed by atoms with Crippen molar-refractivity contribution in [1.82, 2.24) is 5.32 Å². The minimum Gasteiger partial charge on any atom is -0.394 e. The Balaban J connectivity index is 1.52. The molecule has 0 bridgehead atoms. The molecule has 3 heterocycles. The summed E-state index contributed by atoms with van der Waals surface area (Å²) >= 11 is 0. The van der Waals surface area contributed by atoms with Gasteiger partial charge in [0.15, 0.2) is 18.9 Å². The molecule has 3 fully saturated rings. The van der Waals surface area contributed by atoms with Crippen LogP contribution in [0.2, 0.25) is 0 Å². The minimum atomic E-state index is -1.98. The Labute approximate surface area is 440 Å². The number of hydrogen-bond acceptors (Lipinski definition) is 18. The molecule has 19 heteroatoms. The molecule has 0 aliphatic carbocycles. The molecule has 0 aromatic rings. The first-order valence-corrected chi connectivity index (χ1v) is 28.2. The van der Waals surface area contributed by atoms with E-state index in [0.29, 0.717) is 6.42 Å². The highest BCUT2D eigenvalue weighted by Gasteiger charge is 2.53. The van der Waals surface area contributed by atoms with Crippen LogP contribution >= 0.6 is 0 Å². The van der Waals surface area contributed by atoms with Crippen LogP contribution in [0.1, 0.15) is 174 Å². The molecular formula is C55H99NO18. The second-order valence-corrected chi connectivity index (χ2v) is 20.4. The molecule has 3 aliphatic rings. The number of carbonyl (C=O) groups excluding carboxylic acids is 1. The number of aliphatic hydroxyl groups excluding tert-OH is 11. The predicted molar refractivity (Wildman–Crippen MR) is 277 cm³/mol. The van der Waals surface area contributed by atoms with Crippen LogP contribution < -0.4 is 5.32 Å². The van der Waals surface area contributed by atoms with E-state index in [2.05, 4.69) is 43.5 Å². The molecule has 0 spiro atoms. The van der Waals surface area contributed by atoms with Crippen molar-refractivity contribution >= 4 is 5.91 Å². The molecule has 17 atom stereocenters. The second kappa shape index (κ2) is 39.4. The summed E-state index contributed by atoms with van der Waals surface area (Å²) < 4.78 is 34.1. The van der Waals surface area contributed by atoms with E-state index >= 15 is 0 Å². The summed E-state index contributed by atoms with van der Waals surface area (Å²) in [7, 11) is 0. The summed E-state index contributed by atoms with van der Waals surface area (Å²) in [6.45, 7) is 1.66. The van der Waals surface area contributed by atoms with Crippen molar-refractivity contribution in [3.8, 4) is 0 Å². The number of aliphatic hydroxyl groups is 11. The third-order valence-electron chi connectivity index (χ3n) is 14.2. The van der Waals surface area contributed by atoms with E-state index in [1.165, 1.54) is 64.2 Å². The molecule has 0 radical (unpaired) electrons. The molecule has 3 aliphatic heterocycles. The van der Waals surface area contributed by atoms with Gasteiger partial charge in [-0.3, -0.25) is 4.79 Å². The Kier molecular flexibility index (Phi) is 35.3. The Hall–Kier alpha value is -1.99. The third kappa shape index (κ3) is 23.9. The normalized spacial score (nSPS) is 31.7. The number of hydrogen-bond donors (Lipinski definition) is 12. The molecule has 0 saturated carbocycles. The number of nitrogens with one attached hydrogen (secondary N) is 1. The van der Waals surface area contributed by atoms with Gasteiger partial charge in [0.2, 0.25) is 5.91 Å². The molecule has 0 aromatic heterocycles. The summed E-state index contributed by atoms with van der Waals surface area (Å²) in [5, 5.41) is 120. The number of amides is 1. The van der Waals surface area contributed by atoms with Crippen molar-refractivity contribution in [3.05, 3.63) is 36.5 Å². The van der Waals surface area contributed by atoms with Crippen LogP contribution in [-0.2, 0) is 33.2 Å². The molecule has 3 rings (SSSR count). The zero-order valence-electron chi connectivity index (χ0n) is 44.6. The Morgan fingerprint density at radius 1 is 0.486 bits per heavy atom. The van der Waals surface area contributed by atoms with Crippen LogP contribution in [0.25, 0.3) is 0 Å². The second-order valence-electron chi connectivity index (χ2n) is 20.4. The van der Waals surface area contributed by atoms with Crippen LogP contribution in [0.3, 0.4) is 0 Å². The lowest BCUT2D eigenvalue weighted by molar-refractivity contribution is -0.379. The highest BCUT2D eigenvalue weighted by Crippen LogP contribution is 2.33. The number of carbonyl (C=O) groups is 1. The van der Waals surface area contributed by atoms with Crippen molar-refractivity contribution in [2.75, 3.05) is 26.4 Å². The maximum Gasteiger partial charge on any atom is 0.220 e. The average molecular weight is 1060 g/mol. The van der Waals surface area contributed by atoms with Crippen LogP contribution in [0, 0.1) is 0 Å². The van der Waals surface area contributed by atoms with Crippen molar-refractivity contribution in [1.29, 1.82) is 0 Å². The van der Waals surface area contributed by atoms with E-state index in [0.717, 1.165) is 83.5 Å². The fourth-order valence-corrected chi connectivity index (χ4v) is 9.45. The zero-order chi connectivity index (χ0) is 54.1. The fourth-order valence-electron chi connectivity index (χ4n) is 9.45. The van der Waals surface area contributed by atoms with Crippen molar-refractivity contribution < 1.29 is 89.4 Å². The number of unbranched alkanes of at least 4 members (excludes halogenated alkanes) is 20. The van der Waals surface area contributed by atoms with Gasteiger partial charge >= 0.3 is 0 Å². The molecule has 0 aromatic carbocycles. The first-order valence-electron chi connectivity index (χ1n) is 28.2. The lowest BCUT2D eigenvalue weighted by atomic mass is 9.96. The van der Waals surface area contributed by atoms with E-state index in [9.17, 15) is 61.0 Å². The molecule has 432 valence electrons. The molecule has 17 unspecified atom stereocenters. The van der Waals surface area contributed by atoms with Gasteiger partial charge < -0.3 is 89.9 Å². The smallest absolute Gasteiger partial charge is 0.220 e. The van der Waals surface area contributed by atoms with E-state index in [1.807, 2.05) is 6.08 Å². The fraction of sp³-hybridized carbons (Fsp3) is 0.873. The Morgan fingerprint density at radius 2 is 0.892 bits per heavy atom. The highest BCUT2D eigenvalue weighted by molar-refractivity contribution is 5.76. The largest absolute Gasteiger partial charge is 0.394 e. The highest BCUT2D eigenvalue weighted by atomic mass is 16.8. The first-order chi connectivity index (χ1) is 35.8. The monoisotopic (exact) mass is 1060 g/mol. The van der Waals surface area contributed by atoms with Crippen LogP contribution in [0.15, 0.2) is 36.5 Å². The van der Waals surface area contributed by atoms with Gasteiger partial charge in [-0.05, 0) is 51.4 Å². The molecule has 74 heavy (non-hydrogen) atoms. The van der Waals surface area contributed by atoms with Crippen molar-refractivity contribution in [2.24, 2.45) is 0 Å². The molecule has 1 amide bonds. The number of rotatable bonds is 40. The summed E-state index contributed by atoms with van der Waals surface area (Å²) in [5.41, 5.74) is 0. The van der Waals surface area contributed by atoms with Crippen molar-refractivity contribution in [3.63, 3.8) is 0 Å². The summed E-state index contributed by atoms with van der Waals surface area (Å²) in [5.74, 6) is -0.287. The van der Waals surface area contributed by atoms with E-state index in [1.54, 1.807) is 6.08 Å². The van der Waals surface area contributed by atoms with E-state index in [4.69, 9.17) is 28.4 Å². The lowest BCUT2D eigenvalue weighted by Crippen LogP contribution is -2.66. The molecular weight excluding hydrogens is 963 g/mol. The standard InChI is InChI=1S/C55H99NO18/c1-3-5-7-9-11-13-15-16-17-18-19-20-21-23-25-27-29-31-33-43(61)56-38(39(60)32-30-28-26-24-22-14-12-10-8-6-4-2)37-69-53-49(67)46(64)51(41(35-58)71-53)74-55-50(68)47(65)52(42(36-59)72-55)73-54-48(66)45(63)44(62)40(34-57)70-54/h13,15,17-18,30,32,38-42,44-55,57-60,62-68H,3-12,14,16,19-29,31,33-37H2,1-2H3,(H,56,61)/b15-13-,18-17-,32-30+. The van der Waals surface area contributed by atoms with Crippen LogP contribution in [-0.4, -0.2) is 193 Å². The topological polar surface area (TPSA) is 307 Å². The number of ether oxygens (including phenoxy) is 6. The third-order valence-corrected chi connectivity index (χ3v) is 14.2. The lowest BCUT2D eigenvalue weighted by Gasteiger charge is -2.48. The summed E-state index contributed by atoms with van der Waals surface area (Å²) in [6, 6.07) is -0.974. The zero-order valence-corrected chi connectivity index (χ0v) is 44.6. The first kappa shape index (κ1) is 66.3. The van der Waals surface area contributed by atoms with Gasteiger partial charge in [-0.2, -0.15) is 0 Å². The van der Waals surface area contributed by atoms with Crippen LogP contribution in [0.4, 0.5) is 0 Å². The van der Waals surface area contributed by atoms with Gasteiger partial charge in [0, 0.05) is 6.42 Å². The Morgan fingerprint density at radius 3 is 1.39 bits per heavy atom. The van der Waals surface area contributed by atoms with E-state index < -0.39 is 124 Å². The van der Waals surface area contributed by atoms with E-state index in [-0.39, 0.29) is 18.9 Å². The summed E-state index contributed by atoms with van der Waals surface area (Å²) in [6.07, 6.45) is 12.8. The Bertz CT molecular complexity index is 1500. The predicted octanol–water partition coefficient (Wildman–Crippen LogP) is 3.76. The summed E-state index contributed by atoms with van der Waals surface area (Å²) in [4.78, 5) is 13.3. The SMILES string of the molecule is CCCCCC/C=C\C/C=C\CCCCCCCCCC(=O)NC(COC1OC(CO)C(OC2OC(CO)C(OC3OC(CO)C(O)C(O)C3O)C(O)C2O)C(O)C1O)C(O)/C=C/CCCCCCCCCCC. The van der Waals surface area contributed by atoms with Gasteiger partial charge in [-0.1, -0.05) is 153 Å². The molecule has 19 nitrogen and oxygen atoms in total. The molecule has 3 saturated heterocycles. The van der Waals surface area contributed by atoms with Gasteiger partial charge in [-0.25, -0.2) is 0 Å². The maximum atomic E-state index is 13.3. The molecule has 12 N–H and O–H groups in total. The van der Waals surface area contributed by atoms with Crippen molar-refractivity contribution in [2.45, 2.75) is 279 Å².